The zero-order valence-corrected chi connectivity index (χ0v) is 15.5. The Morgan fingerprint density at radius 1 is 1.08 bits per heavy atom. The number of hydrogen-bond acceptors (Lipinski definition) is 3. The van der Waals surface area contributed by atoms with Crippen LogP contribution in [0.5, 0.6) is 0 Å². The summed E-state index contributed by atoms with van der Waals surface area (Å²) in [6, 6.07) is 0. The van der Waals surface area contributed by atoms with Gasteiger partial charge in [0.2, 0.25) is 0 Å². The second-order valence-electron chi connectivity index (χ2n) is 10.0. The van der Waals surface area contributed by atoms with Crippen LogP contribution < -0.4 is 0 Å². The number of fused-ring (bicyclic) bond motifs is 5. The van der Waals surface area contributed by atoms with E-state index in [9.17, 15) is 15.0 Å². The van der Waals surface area contributed by atoms with Gasteiger partial charge in [-0.3, -0.25) is 4.79 Å². The molecule has 0 unspecified atom stereocenters. The lowest BCUT2D eigenvalue weighted by Crippen LogP contribution is -2.58. The molecule has 0 aromatic rings. The van der Waals surface area contributed by atoms with Gasteiger partial charge in [0.15, 0.2) is 0 Å². The minimum Gasteiger partial charge on any atom is -0.393 e. The van der Waals surface area contributed by atoms with Crippen molar-refractivity contribution in [1.29, 1.82) is 0 Å². The van der Waals surface area contributed by atoms with Crippen LogP contribution in [-0.2, 0) is 4.79 Å². The first-order valence-electron chi connectivity index (χ1n) is 10.2. The molecule has 0 aliphatic heterocycles. The first-order chi connectivity index (χ1) is 11.3. The van der Waals surface area contributed by atoms with Crippen LogP contribution in [0.4, 0.5) is 0 Å². The SMILES string of the molecule is C[C@H](O)[C@H]1CC[C@@H]2[C@@H]3CC[C@@H]4C[C@H](O)CC[C@]4(C)[C@H]3C(=O)C[C@@]21C. The summed E-state index contributed by atoms with van der Waals surface area (Å²) in [4.78, 5) is 13.3. The van der Waals surface area contributed by atoms with E-state index in [0.29, 0.717) is 30.0 Å². The molecule has 0 heterocycles. The van der Waals surface area contributed by atoms with Crippen LogP contribution in [0.1, 0.15) is 72.1 Å². The minimum atomic E-state index is -0.305. The Hall–Kier alpha value is -0.410. The van der Waals surface area contributed by atoms with Crippen molar-refractivity contribution in [2.24, 2.45) is 40.4 Å². The zero-order chi connectivity index (χ0) is 17.3. The van der Waals surface area contributed by atoms with Crippen molar-refractivity contribution in [1.82, 2.24) is 0 Å². The van der Waals surface area contributed by atoms with E-state index in [4.69, 9.17) is 0 Å². The Bertz CT molecular complexity index is 529. The summed E-state index contributed by atoms with van der Waals surface area (Å²) >= 11 is 0. The molecular weight excluding hydrogens is 300 g/mol. The lowest BCUT2D eigenvalue weighted by atomic mass is 9.44. The highest BCUT2D eigenvalue weighted by atomic mass is 16.3. The van der Waals surface area contributed by atoms with Gasteiger partial charge >= 0.3 is 0 Å². The fourth-order valence-electron chi connectivity index (χ4n) is 7.88. The highest BCUT2D eigenvalue weighted by Crippen LogP contribution is 2.66. The quantitative estimate of drug-likeness (QED) is 0.771. The Balaban J connectivity index is 1.67. The Morgan fingerprint density at radius 3 is 2.54 bits per heavy atom. The van der Waals surface area contributed by atoms with Gasteiger partial charge in [0, 0.05) is 12.3 Å². The molecule has 3 heteroatoms. The van der Waals surface area contributed by atoms with Crippen molar-refractivity contribution in [3.8, 4) is 0 Å². The summed E-state index contributed by atoms with van der Waals surface area (Å²) in [5, 5.41) is 20.4. The van der Waals surface area contributed by atoms with Crippen molar-refractivity contribution in [3.63, 3.8) is 0 Å². The summed E-state index contributed by atoms with van der Waals surface area (Å²) in [7, 11) is 0. The lowest BCUT2D eigenvalue weighted by Gasteiger charge is -2.60. The second kappa shape index (κ2) is 5.54. The largest absolute Gasteiger partial charge is 0.393 e. The highest BCUT2D eigenvalue weighted by molar-refractivity contribution is 5.84. The van der Waals surface area contributed by atoms with Gasteiger partial charge in [-0.2, -0.15) is 0 Å². The molecule has 4 aliphatic carbocycles. The van der Waals surface area contributed by atoms with Crippen LogP contribution in [0.15, 0.2) is 0 Å². The van der Waals surface area contributed by atoms with E-state index in [2.05, 4.69) is 13.8 Å². The molecular formula is C21H34O3. The predicted octanol–water partition coefficient (Wildman–Crippen LogP) is 3.57. The van der Waals surface area contributed by atoms with Crippen LogP contribution in [0.2, 0.25) is 0 Å². The normalized spacial score (nSPS) is 55.5. The van der Waals surface area contributed by atoms with E-state index in [0.717, 1.165) is 32.1 Å². The van der Waals surface area contributed by atoms with Crippen molar-refractivity contribution in [2.75, 3.05) is 0 Å². The molecule has 3 nitrogen and oxygen atoms in total. The molecule has 24 heavy (non-hydrogen) atoms. The molecule has 0 radical (unpaired) electrons. The second-order valence-corrected chi connectivity index (χ2v) is 10.0. The number of rotatable bonds is 1. The third-order valence-electron chi connectivity index (χ3n) is 8.98. The molecule has 0 spiro atoms. The molecule has 0 bridgehead atoms. The summed E-state index contributed by atoms with van der Waals surface area (Å²) < 4.78 is 0. The average Bonchev–Trinajstić information content (AvgIpc) is 2.84. The summed E-state index contributed by atoms with van der Waals surface area (Å²) in [5.41, 5.74) is 0.104. The van der Waals surface area contributed by atoms with Gasteiger partial charge in [0.25, 0.3) is 0 Å². The molecule has 0 saturated heterocycles. The highest BCUT2D eigenvalue weighted by Gasteiger charge is 2.63. The van der Waals surface area contributed by atoms with Crippen molar-refractivity contribution in [2.45, 2.75) is 84.3 Å². The third kappa shape index (κ3) is 2.19. The molecule has 0 aromatic heterocycles. The van der Waals surface area contributed by atoms with Gasteiger partial charge in [-0.1, -0.05) is 13.8 Å². The molecule has 0 aromatic carbocycles. The maximum absolute atomic E-state index is 13.3. The molecule has 4 aliphatic rings. The van der Waals surface area contributed by atoms with E-state index >= 15 is 0 Å². The first-order valence-corrected chi connectivity index (χ1v) is 10.2. The number of ketones is 1. The van der Waals surface area contributed by atoms with Gasteiger partial charge in [-0.05, 0) is 86.4 Å². The molecule has 9 atom stereocenters. The Labute approximate surface area is 146 Å². The van der Waals surface area contributed by atoms with Crippen molar-refractivity contribution < 1.29 is 15.0 Å². The minimum absolute atomic E-state index is 0.00376. The van der Waals surface area contributed by atoms with E-state index < -0.39 is 0 Å². The third-order valence-corrected chi connectivity index (χ3v) is 8.98. The van der Waals surface area contributed by atoms with Gasteiger partial charge < -0.3 is 10.2 Å². The van der Waals surface area contributed by atoms with Crippen molar-refractivity contribution >= 4 is 5.78 Å². The molecule has 136 valence electrons. The van der Waals surface area contributed by atoms with Crippen LogP contribution in [0, 0.1) is 40.4 Å². The van der Waals surface area contributed by atoms with Gasteiger partial charge in [-0.15, -0.1) is 0 Å². The number of hydrogen-bond donors (Lipinski definition) is 2. The van der Waals surface area contributed by atoms with Gasteiger partial charge in [0.05, 0.1) is 12.2 Å². The van der Waals surface area contributed by atoms with Crippen molar-refractivity contribution in [3.05, 3.63) is 0 Å². The van der Waals surface area contributed by atoms with Crippen LogP contribution in [-0.4, -0.2) is 28.2 Å². The van der Waals surface area contributed by atoms with Crippen LogP contribution in [0.3, 0.4) is 0 Å². The van der Waals surface area contributed by atoms with E-state index in [-0.39, 0.29) is 34.9 Å². The summed E-state index contributed by atoms with van der Waals surface area (Å²) in [6.45, 7) is 6.55. The summed E-state index contributed by atoms with van der Waals surface area (Å²) in [5.74, 6) is 2.58. The molecule has 4 fully saturated rings. The first kappa shape index (κ1) is 17.0. The smallest absolute Gasteiger partial charge is 0.137 e. The number of carbonyl (C=O) groups excluding carboxylic acids is 1. The average molecular weight is 335 g/mol. The lowest BCUT2D eigenvalue weighted by molar-refractivity contribution is -0.163. The van der Waals surface area contributed by atoms with Crippen LogP contribution >= 0.6 is 0 Å². The monoisotopic (exact) mass is 334 g/mol. The summed E-state index contributed by atoms with van der Waals surface area (Å²) in [6.07, 6.45) is 7.56. The maximum Gasteiger partial charge on any atom is 0.137 e. The number of aliphatic hydroxyl groups is 2. The fraction of sp³-hybridized carbons (Fsp3) is 0.952. The Morgan fingerprint density at radius 2 is 1.83 bits per heavy atom. The Kier molecular flexibility index (Phi) is 3.93. The van der Waals surface area contributed by atoms with Gasteiger partial charge in [-0.25, -0.2) is 0 Å². The van der Waals surface area contributed by atoms with E-state index in [1.165, 1.54) is 12.8 Å². The van der Waals surface area contributed by atoms with E-state index in [1.54, 1.807) is 0 Å². The number of Topliss-reactive ketones (excluding diaryl/α,β-unsaturated/α-hetero) is 1. The fourth-order valence-corrected chi connectivity index (χ4v) is 7.88. The maximum atomic E-state index is 13.3. The topological polar surface area (TPSA) is 57.5 Å². The van der Waals surface area contributed by atoms with E-state index in [1.807, 2.05) is 6.92 Å². The zero-order valence-electron chi connectivity index (χ0n) is 15.5. The molecule has 0 amide bonds. The number of carbonyl (C=O) groups is 1. The standard InChI is InChI=1S/C21H34O3/c1-12(22)16-6-7-17-15-5-4-13-10-14(23)8-9-20(13,2)19(15)18(24)11-21(16,17)3/h12-17,19,22-23H,4-11H2,1-3H3/t12-,13+,14+,15-,16+,17+,19+,20-,21+/m0/s1. The van der Waals surface area contributed by atoms with Crippen LogP contribution in [0.25, 0.3) is 0 Å². The predicted molar refractivity (Wildman–Crippen MR) is 93.3 cm³/mol. The number of aliphatic hydroxyl groups excluding tert-OH is 2. The molecule has 2 N–H and O–H groups in total. The van der Waals surface area contributed by atoms with Gasteiger partial charge in [0.1, 0.15) is 5.78 Å². The molecule has 4 rings (SSSR count). The molecule has 4 saturated carbocycles.